The fourth-order valence-corrected chi connectivity index (χ4v) is 3.52. The van der Waals surface area contributed by atoms with E-state index in [1.165, 1.54) is 4.90 Å². The Kier molecular flexibility index (Phi) is 2.46. The molecule has 100 valence electrons. The molecule has 4 heteroatoms. The number of nitrogens with zero attached hydrogens (tertiary/aromatic N) is 1. The van der Waals surface area contributed by atoms with Crippen LogP contribution >= 0.6 is 0 Å². The number of hydrogen-bond donors (Lipinski definition) is 1. The second kappa shape index (κ2) is 3.83. The molecule has 0 bridgehead atoms. The van der Waals surface area contributed by atoms with Gasteiger partial charge in [-0.1, -0.05) is 32.0 Å². The topological polar surface area (TPSA) is 57.6 Å². The lowest BCUT2D eigenvalue weighted by Gasteiger charge is -2.28. The smallest absolute Gasteiger partial charge is 0.326 e. The first-order valence-corrected chi connectivity index (χ1v) is 6.53. The number of hydrogen-bond acceptors (Lipinski definition) is 2. The molecule has 0 aromatic heterocycles. The van der Waals surface area contributed by atoms with Gasteiger partial charge in [-0.25, -0.2) is 4.79 Å². The molecule has 2 aliphatic rings. The summed E-state index contributed by atoms with van der Waals surface area (Å²) in [6.45, 7) is 4.73. The monoisotopic (exact) mass is 259 g/mol. The first-order valence-electron chi connectivity index (χ1n) is 6.53. The van der Waals surface area contributed by atoms with Gasteiger partial charge in [-0.05, 0) is 23.5 Å². The molecule has 3 atom stereocenters. The van der Waals surface area contributed by atoms with E-state index in [4.69, 9.17) is 0 Å². The standard InChI is InChI=1S/C15H17NO3/c1-15(2)10-8-16(12(11(10)15)14(18)19)13(17)9-6-4-3-5-7-9/h3-7,10-12H,8H2,1-2H3,(H,18,19)/t10-,11-,12-/m0/s1. The van der Waals surface area contributed by atoms with Crippen molar-refractivity contribution in [1.82, 2.24) is 4.90 Å². The predicted octanol–water partition coefficient (Wildman–Crippen LogP) is 1.87. The second-order valence-corrected chi connectivity index (χ2v) is 6.06. The molecule has 3 rings (SSSR count). The summed E-state index contributed by atoms with van der Waals surface area (Å²) in [7, 11) is 0. The summed E-state index contributed by atoms with van der Waals surface area (Å²) >= 11 is 0. The van der Waals surface area contributed by atoms with Crippen molar-refractivity contribution in [2.24, 2.45) is 17.3 Å². The minimum atomic E-state index is -0.887. The Bertz CT molecular complexity index is 538. The van der Waals surface area contributed by atoms with Crippen molar-refractivity contribution in [3.8, 4) is 0 Å². The van der Waals surface area contributed by atoms with Crippen LogP contribution in [0.15, 0.2) is 30.3 Å². The number of carbonyl (C=O) groups excluding carboxylic acids is 1. The third kappa shape index (κ3) is 1.66. The van der Waals surface area contributed by atoms with Crippen molar-refractivity contribution in [2.75, 3.05) is 6.54 Å². The van der Waals surface area contributed by atoms with E-state index in [0.29, 0.717) is 18.0 Å². The van der Waals surface area contributed by atoms with Gasteiger partial charge in [-0.15, -0.1) is 0 Å². The first kappa shape index (κ1) is 12.2. The Morgan fingerprint density at radius 3 is 2.47 bits per heavy atom. The van der Waals surface area contributed by atoms with Crippen LogP contribution in [0.3, 0.4) is 0 Å². The summed E-state index contributed by atoms with van der Waals surface area (Å²) in [6, 6.07) is 8.23. The summed E-state index contributed by atoms with van der Waals surface area (Å²) in [4.78, 5) is 25.4. The molecule has 2 fully saturated rings. The fourth-order valence-electron chi connectivity index (χ4n) is 3.52. The summed E-state index contributed by atoms with van der Waals surface area (Å²) in [5.41, 5.74) is 0.615. The largest absolute Gasteiger partial charge is 0.480 e. The molecule has 1 saturated heterocycles. The Morgan fingerprint density at radius 1 is 1.26 bits per heavy atom. The average Bonchev–Trinajstić information content (AvgIpc) is 2.79. The summed E-state index contributed by atoms with van der Waals surface area (Å²) in [5.74, 6) is -0.641. The van der Waals surface area contributed by atoms with Gasteiger partial charge >= 0.3 is 5.97 Å². The minimum Gasteiger partial charge on any atom is -0.480 e. The highest BCUT2D eigenvalue weighted by Crippen LogP contribution is 2.64. The van der Waals surface area contributed by atoms with Gasteiger partial charge in [0.05, 0.1) is 0 Å². The van der Waals surface area contributed by atoms with Crippen LogP contribution in [0.4, 0.5) is 0 Å². The normalized spacial score (nSPS) is 30.8. The molecule has 19 heavy (non-hydrogen) atoms. The van der Waals surface area contributed by atoms with E-state index in [1.54, 1.807) is 24.3 Å². The van der Waals surface area contributed by atoms with Gasteiger partial charge in [0.2, 0.25) is 0 Å². The number of piperidine rings is 1. The number of benzene rings is 1. The van der Waals surface area contributed by atoms with Crippen molar-refractivity contribution < 1.29 is 14.7 Å². The van der Waals surface area contributed by atoms with Crippen LogP contribution in [0.5, 0.6) is 0 Å². The molecule has 1 aliphatic carbocycles. The van der Waals surface area contributed by atoms with E-state index in [0.717, 1.165) is 0 Å². The zero-order valence-electron chi connectivity index (χ0n) is 11.0. The third-order valence-corrected chi connectivity index (χ3v) is 4.74. The SMILES string of the molecule is CC1(C)[C@@H]2[C@@H](C(=O)O)N(C(=O)c3ccccc3)C[C@@H]21. The van der Waals surface area contributed by atoms with Gasteiger partial charge in [0, 0.05) is 18.0 Å². The van der Waals surface area contributed by atoms with E-state index in [2.05, 4.69) is 13.8 Å². The van der Waals surface area contributed by atoms with Crippen LogP contribution in [0, 0.1) is 17.3 Å². The van der Waals surface area contributed by atoms with Gasteiger partial charge in [-0.2, -0.15) is 0 Å². The number of carboxylic acids is 1. The molecule has 1 aliphatic heterocycles. The highest BCUT2D eigenvalue weighted by Gasteiger charge is 2.69. The van der Waals surface area contributed by atoms with Crippen LogP contribution in [0.25, 0.3) is 0 Å². The molecule has 1 N–H and O–H groups in total. The van der Waals surface area contributed by atoms with Crippen LogP contribution in [-0.2, 0) is 4.79 Å². The maximum absolute atomic E-state index is 12.4. The molecule has 1 amide bonds. The Hall–Kier alpha value is -1.84. The van der Waals surface area contributed by atoms with Crippen LogP contribution < -0.4 is 0 Å². The molecule has 1 aromatic rings. The highest BCUT2D eigenvalue weighted by molar-refractivity contribution is 5.97. The van der Waals surface area contributed by atoms with Gasteiger partial charge in [0.15, 0.2) is 0 Å². The van der Waals surface area contributed by atoms with Gasteiger partial charge in [0.1, 0.15) is 6.04 Å². The number of amides is 1. The average molecular weight is 259 g/mol. The number of carbonyl (C=O) groups is 2. The molecule has 0 spiro atoms. The molecular weight excluding hydrogens is 242 g/mol. The van der Waals surface area contributed by atoms with Crippen molar-refractivity contribution in [1.29, 1.82) is 0 Å². The van der Waals surface area contributed by atoms with Crippen LogP contribution in [0.2, 0.25) is 0 Å². The predicted molar refractivity (Wildman–Crippen MR) is 69.7 cm³/mol. The van der Waals surface area contributed by atoms with Gasteiger partial charge in [0.25, 0.3) is 5.91 Å². The first-order chi connectivity index (χ1) is 8.94. The lowest BCUT2D eigenvalue weighted by molar-refractivity contribution is -0.142. The van der Waals surface area contributed by atoms with Gasteiger partial charge in [-0.3, -0.25) is 4.79 Å². The summed E-state index contributed by atoms with van der Waals surface area (Å²) < 4.78 is 0. The van der Waals surface area contributed by atoms with Gasteiger partial charge < -0.3 is 10.0 Å². The number of carboxylic acid groups (broad SMARTS) is 1. The lowest BCUT2D eigenvalue weighted by atomic mass is 10.0. The van der Waals surface area contributed by atoms with E-state index in [9.17, 15) is 14.7 Å². The maximum Gasteiger partial charge on any atom is 0.326 e. The van der Waals surface area contributed by atoms with Crippen molar-refractivity contribution >= 4 is 11.9 Å². The zero-order chi connectivity index (χ0) is 13.8. The van der Waals surface area contributed by atoms with Crippen molar-refractivity contribution in [3.05, 3.63) is 35.9 Å². The van der Waals surface area contributed by atoms with Crippen LogP contribution in [0.1, 0.15) is 24.2 Å². The van der Waals surface area contributed by atoms with Crippen molar-refractivity contribution in [3.63, 3.8) is 0 Å². The number of rotatable bonds is 2. The molecule has 0 radical (unpaired) electrons. The lowest BCUT2D eigenvalue weighted by Crippen LogP contribution is -2.45. The molecule has 1 saturated carbocycles. The maximum atomic E-state index is 12.4. The Balaban J connectivity index is 1.87. The second-order valence-electron chi connectivity index (χ2n) is 6.06. The van der Waals surface area contributed by atoms with E-state index < -0.39 is 12.0 Å². The Labute approximate surface area is 112 Å². The summed E-state index contributed by atoms with van der Waals surface area (Å²) in [5, 5.41) is 9.41. The van der Waals surface area contributed by atoms with Crippen LogP contribution in [-0.4, -0.2) is 34.5 Å². The number of fused-ring (bicyclic) bond motifs is 1. The Morgan fingerprint density at radius 2 is 1.89 bits per heavy atom. The molecule has 1 aromatic carbocycles. The zero-order valence-corrected chi connectivity index (χ0v) is 11.0. The molecule has 4 nitrogen and oxygen atoms in total. The molecule has 1 heterocycles. The molecular formula is C15H17NO3. The van der Waals surface area contributed by atoms with E-state index in [1.807, 2.05) is 6.07 Å². The van der Waals surface area contributed by atoms with Crippen molar-refractivity contribution in [2.45, 2.75) is 19.9 Å². The number of aliphatic carboxylic acids is 1. The third-order valence-electron chi connectivity index (χ3n) is 4.74. The van der Waals surface area contributed by atoms with E-state index in [-0.39, 0.29) is 17.2 Å². The molecule has 0 unspecified atom stereocenters. The minimum absolute atomic E-state index is 0.0521. The number of likely N-dealkylation sites (tertiary alicyclic amines) is 1. The fraction of sp³-hybridized carbons (Fsp3) is 0.467. The van der Waals surface area contributed by atoms with E-state index >= 15 is 0 Å². The highest BCUT2D eigenvalue weighted by atomic mass is 16.4. The summed E-state index contributed by atoms with van der Waals surface area (Å²) in [6.07, 6.45) is 0. The quantitative estimate of drug-likeness (QED) is 0.882.